The Kier molecular flexibility index (Phi) is 4.68. The van der Waals surface area contributed by atoms with E-state index in [0.717, 1.165) is 0 Å². The molecule has 9 nitrogen and oxygen atoms in total. The normalized spacial score (nSPS) is 19.0. The molecule has 1 atom stereocenters. The van der Waals surface area contributed by atoms with Crippen LogP contribution in [0.2, 0.25) is 0 Å². The number of nitrogens with zero attached hydrogens (tertiary/aromatic N) is 1. The second-order valence-corrected chi connectivity index (χ2v) is 6.17. The predicted octanol–water partition coefficient (Wildman–Crippen LogP) is 0.816. The third kappa shape index (κ3) is 3.39. The van der Waals surface area contributed by atoms with E-state index in [-0.39, 0.29) is 0 Å². The van der Waals surface area contributed by atoms with Gasteiger partial charge in [0.25, 0.3) is 17.7 Å². The third-order valence-corrected chi connectivity index (χ3v) is 4.29. The van der Waals surface area contributed by atoms with E-state index < -0.39 is 35.8 Å². The molecular formula is C18H18N4O5. The van der Waals surface area contributed by atoms with Gasteiger partial charge >= 0.3 is 6.03 Å². The number of hydrazine groups is 1. The lowest BCUT2D eigenvalue weighted by Gasteiger charge is -2.22. The van der Waals surface area contributed by atoms with Gasteiger partial charge in [0.15, 0.2) is 0 Å². The van der Waals surface area contributed by atoms with Gasteiger partial charge in [-0.15, -0.1) is 0 Å². The highest BCUT2D eigenvalue weighted by atomic mass is 16.3. The maximum atomic E-state index is 12.7. The van der Waals surface area contributed by atoms with Crippen molar-refractivity contribution in [3.05, 3.63) is 59.5 Å². The van der Waals surface area contributed by atoms with E-state index in [1.54, 1.807) is 44.2 Å². The summed E-state index contributed by atoms with van der Waals surface area (Å²) >= 11 is 0. The van der Waals surface area contributed by atoms with Crippen molar-refractivity contribution in [1.29, 1.82) is 0 Å². The fourth-order valence-corrected chi connectivity index (χ4v) is 2.75. The number of aryl methyl sites for hydroxylation is 1. The van der Waals surface area contributed by atoms with Crippen molar-refractivity contribution in [3.8, 4) is 0 Å². The first-order chi connectivity index (χ1) is 12.8. The fourth-order valence-electron chi connectivity index (χ4n) is 2.75. The molecular weight excluding hydrogens is 352 g/mol. The molecule has 2 aromatic rings. The lowest BCUT2D eigenvalue weighted by molar-refractivity contribution is -0.138. The van der Waals surface area contributed by atoms with E-state index in [1.807, 2.05) is 0 Å². The van der Waals surface area contributed by atoms with E-state index >= 15 is 0 Å². The monoisotopic (exact) mass is 370 g/mol. The summed E-state index contributed by atoms with van der Waals surface area (Å²) in [5.74, 6) is -1.42. The summed E-state index contributed by atoms with van der Waals surface area (Å²) in [7, 11) is 0. The van der Waals surface area contributed by atoms with Crippen molar-refractivity contribution in [2.45, 2.75) is 19.4 Å². The van der Waals surface area contributed by atoms with Crippen molar-refractivity contribution in [3.63, 3.8) is 0 Å². The van der Waals surface area contributed by atoms with Gasteiger partial charge in [-0.25, -0.2) is 4.79 Å². The first-order valence-electron chi connectivity index (χ1n) is 8.17. The third-order valence-electron chi connectivity index (χ3n) is 4.29. The van der Waals surface area contributed by atoms with E-state index in [2.05, 4.69) is 16.1 Å². The summed E-state index contributed by atoms with van der Waals surface area (Å²) in [6.45, 7) is 2.76. The van der Waals surface area contributed by atoms with Crippen LogP contribution in [0, 0.1) is 6.92 Å². The smallest absolute Gasteiger partial charge is 0.344 e. The molecule has 5 amide bonds. The van der Waals surface area contributed by atoms with Crippen LogP contribution >= 0.6 is 0 Å². The van der Waals surface area contributed by atoms with Gasteiger partial charge in [0, 0.05) is 0 Å². The zero-order chi connectivity index (χ0) is 19.6. The molecule has 1 aromatic carbocycles. The highest BCUT2D eigenvalue weighted by molar-refractivity contribution is 6.08. The number of urea groups is 1. The van der Waals surface area contributed by atoms with Crippen LogP contribution in [0.25, 0.3) is 0 Å². The molecule has 9 heteroatoms. The Labute approximate surface area is 154 Å². The molecule has 0 saturated carbocycles. The maximum Gasteiger partial charge on any atom is 0.344 e. The van der Waals surface area contributed by atoms with Crippen molar-refractivity contribution >= 4 is 23.8 Å². The Morgan fingerprint density at radius 2 is 1.89 bits per heavy atom. The van der Waals surface area contributed by atoms with Gasteiger partial charge in [0.2, 0.25) is 0 Å². The average molecular weight is 370 g/mol. The van der Waals surface area contributed by atoms with Crippen molar-refractivity contribution in [2.24, 2.45) is 0 Å². The molecule has 2 heterocycles. The van der Waals surface area contributed by atoms with Crippen LogP contribution in [0.3, 0.4) is 0 Å². The molecule has 27 heavy (non-hydrogen) atoms. The van der Waals surface area contributed by atoms with Gasteiger partial charge in [-0.2, -0.15) is 5.01 Å². The summed E-state index contributed by atoms with van der Waals surface area (Å²) in [6, 6.07) is 9.41. The average Bonchev–Trinajstić information content (AvgIpc) is 3.18. The number of rotatable bonds is 5. The molecule has 0 spiro atoms. The second-order valence-electron chi connectivity index (χ2n) is 6.17. The Morgan fingerprint density at radius 3 is 2.52 bits per heavy atom. The number of hydrogen-bond acceptors (Lipinski definition) is 5. The van der Waals surface area contributed by atoms with Gasteiger partial charge in [0.1, 0.15) is 11.3 Å². The highest BCUT2D eigenvalue weighted by Gasteiger charge is 2.49. The number of furan rings is 1. The zero-order valence-electron chi connectivity index (χ0n) is 14.7. The van der Waals surface area contributed by atoms with Gasteiger partial charge in [-0.1, -0.05) is 30.3 Å². The highest BCUT2D eigenvalue weighted by Crippen LogP contribution is 2.27. The number of hydrogen-bond donors (Lipinski definition) is 3. The number of benzene rings is 1. The summed E-state index contributed by atoms with van der Waals surface area (Å²) in [5, 5.41) is 5.59. The summed E-state index contributed by atoms with van der Waals surface area (Å²) in [5.41, 5.74) is 1.81. The van der Waals surface area contributed by atoms with Gasteiger partial charge in [0.05, 0.1) is 18.4 Å². The molecule has 1 aliphatic rings. The van der Waals surface area contributed by atoms with E-state index in [4.69, 9.17) is 4.42 Å². The van der Waals surface area contributed by atoms with Crippen molar-refractivity contribution in [1.82, 2.24) is 21.1 Å². The molecule has 3 rings (SSSR count). The second kappa shape index (κ2) is 6.94. The largest absolute Gasteiger partial charge is 0.469 e. The van der Waals surface area contributed by atoms with Gasteiger partial charge in [-0.05, 0) is 25.5 Å². The molecule has 1 aliphatic heterocycles. The van der Waals surface area contributed by atoms with Crippen molar-refractivity contribution in [2.75, 3.05) is 6.54 Å². The minimum atomic E-state index is -1.29. The minimum Gasteiger partial charge on any atom is -0.469 e. The van der Waals surface area contributed by atoms with Crippen LogP contribution < -0.4 is 16.1 Å². The summed E-state index contributed by atoms with van der Waals surface area (Å²) in [6.07, 6.45) is 1.36. The summed E-state index contributed by atoms with van der Waals surface area (Å²) in [4.78, 5) is 48.9. The molecule has 1 fully saturated rings. The Hall–Kier alpha value is -3.62. The number of carbonyl (C=O) groups is 4. The number of carbonyl (C=O) groups excluding carboxylic acids is 4. The standard InChI is InChI=1S/C18H18N4O5/c1-11-13(8-9-27-11)15(24)19-10-14(23)21-22-16(25)18(2,20-17(22)26)12-6-4-3-5-7-12/h3-9H,10H2,1-2H3,(H,19,24)(H,20,26)(H,21,23). The predicted molar refractivity (Wildman–Crippen MR) is 93.1 cm³/mol. The first kappa shape index (κ1) is 18.2. The lowest BCUT2D eigenvalue weighted by atomic mass is 9.92. The number of imide groups is 1. The molecule has 0 aliphatic carbocycles. The van der Waals surface area contributed by atoms with Crippen LogP contribution in [0.5, 0.6) is 0 Å². The maximum absolute atomic E-state index is 12.7. The molecule has 0 bridgehead atoms. The zero-order valence-corrected chi connectivity index (χ0v) is 14.7. The fraction of sp³-hybridized carbons (Fsp3) is 0.222. The molecule has 3 N–H and O–H groups in total. The number of nitrogens with one attached hydrogen (secondary N) is 3. The number of amides is 5. The van der Waals surface area contributed by atoms with Crippen LogP contribution in [0.4, 0.5) is 4.79 Å². The molecule has 0 radical (unpaired) electrons. The Balaban J connectivity index is 1.63. The Bertz CT molecular complexity index is 907. The minimum absolute atomic E-state index is 0.300. The van der Waals surface area contributed by atoms with Gasteiger partial charge < -0.3 is 15.1 Å². The van der Waals surface area contributed by atoms with Crippen LogP contribution in [-0.2, 0) is 15.1 Å². The van der Waals surface area contributed by atoms with E-state index in [0.29, 0.717) is 21.9 Å². The van der Waals surface area contributed by atoms with E-state index in [9.17, 15) is 19.2 Å². The molecule has 1 saturated heterocycles. The van der Waals surface area contributed by atoms with Crippen molar-refractivity contribution < 1.29 is 23.6 Å². The molecule has 140 valence electrons. The molecule has 1 aromatic heterocycles. The quantitative estimate of drug-likeness (QED) is 0.673. The SMILES string of the molecule is Cc1occc1C(=O)NCC(=O)NN1C(=O)NC(C)(c2ccccc2)C1=O. The van der Waals surface area contributed by atoms with Crippen LogP contribution in [-0.4, -0.2) is 35.3 Å². The topological polar surface area (TPSA) is 121 Å². The van der Waals surface area contributed by atoms with E-state index in [1.165, 1.54) is 12.3 Å². The lowest BCUT2D eigenvalue weighted by Crippen LogP contribution is -2.50. The van der Waals surface area contributed by atoms with Crippen LogP contribution in [0.15, 0.2) is 47.1 Å². The van der Waals surface area contributed by atoms with Gasteiger partial charge in [-0.3, -0.25) is 19.8 Å². The Morgan fingerprint density at radius 1 is 1.19 bits per heavy atom. The molecule has 1 unspecified atom stereocenters. The summed E-state index contributed by atoms with van der Waals surface area (Å²) < 4.78 is 5.03. The first-order valence-corrected chi connectivity index (χ1v) is 8.17. The van der Waals surface area contributed by atoms with Crippen LogP contribution in [0.1, 0.15) is 28.6 Å².